The number of hydrogen-bond donors (Lipinski definition) is 0. The van der Waals surface area contributed by atoms with Gasteiger partial charge in [-0.15, -0.1) is 0 Å². The zero-order valence-corrected chi connectivity index (χ0v) is 11.8. The van der Waals surface area contributed by atoms with Gasteiger partial charge in [-0.3, -0.25) is 9.00 Å². The third-order valence-corrected chi connectivity index (χ3v) is 4.23. The summed E-state index contributed by atoms with van der Waals surface area (Å²) in [5, 5.41) is 0. The third-order valence-electron chi connectivity index (χ3n) is 2.88. The molecule has 1 aromatic carbocycles. The molecular formula is C15H16O3S. The van der Waals surface area contributed by atoms with Crippen molar-refractivity contribution >= 4 is 17.1 Å². The molecule has 19 heavy (non-hydrogen) atoms. The summed E-state index contributed by atoms with van der Waals surface area (Å²) in [7, 11) is -1.15. The molecule has 0 aliphatic carbocycles. The maximum absolute atomic E-state index is 12.2. The summed E-state index contributed by atoms with van der Waals surface area (Å²) in [4.78, 5) is 11.3. The minimum Gasteiger partial charge on any atom is -0.457 e. The minimum atomic E-state index is -1.15. The standard InChI is InChI=1S/C15H16O3S/c1-11(2)12-3-7-15(8-4-12)19(17)10-14-6-5-13(9-16)18-14/h3-9,11H,10H2,1-2H3. The fraction of sp³-hybridized carbons (Fsp3) is 0.267. The van der Waals surface area contributed by atoms with Crippen LogP contribution in [0.25, 0.3) is 0 Å². The molecule has 100 valence electrons. The molecule has 1 aromatic heterocycles. The lowest BCUT2D eigenvalue weighted by atomic mass is 10.0. The largest absolute Gasteiger partial charge is 0.457 e. The smallest absolute Gasteiger partial charge is 0.185 e. The number of carbonyl (C=O) groups is 1. The van der Waals surface area contributed by atoms with E-state index in [0.717, 1.165) is 4.90 Å². The highest BCUT2D eigenvalue weighted by Crippen LogP contribution is 2.18. The summed E-state index contributed by atoms with van der Waals surface area (Å²) < 4.78 is 17.4. The number of aldehydes is 1. The molecule has 1 heterocycles. The van der Waals surface area contributed by atoms with E-state index in [4.69, 9.17) is 4.42 Å². The highest BCUT2D eigenvalue weighted by atomic mass is 32.2. The summed E-state index contributed by atoms with van der Waals surface area (Å²) in [5.74, 6) is 1.58. The van der Waals surface area contributed by atoms with Crippen molar-refractivity contribution < 1.29 is 13.4 Å². The van der Waals surface area contributed by atoms with E-state index in [2.05, 4.69) is 13.8 Å². The van der Waals surface area contributed by atoms with Crippen molar-refractivity contribution in [3.8, 4) is 0 Å². The molecule has 0 N–H and O–H groups in total. The van der Waals surface area contributed by atoms with E-state index in [9.17, 15) is 9.00 Å². The van der Waals surface area contributed by atoms with Gasteiger partial charge in [0.25, 0.3) is 0 Å². The maximum Gasteiger partial charge on any atom is 0.185 e. The predicted molar refractivity (Wildman–Crippen MR) is 74.7 cm³/mol. The lowest BCUT2D eigenvalue weighted by molar-refractivity contribution is 0.109. The zero-order chi connectivity index (χ0) is 13.8. The van der Waals surface area contributed by atoms with Crippen LogP contribution in [0.3, 0.4) is 0 Å². The average molecular weight is 276 g/mol. The van der Waals surface area contributed by atoms with Crippen molar-refractivity contribution in [3.63, 3.8) is 0 Å². The molecule has 0 amide bonds. The van der Waals surface area contributed by atoms with Gasteiger partial charge in [0.15, 0.2) is 12.0 Å². The third kappa shape index (κ3) is 3.41. The van der Waals surface area contributed by atoms with Gasteiger partial charge in [-0.1, -0.05) is 26.0 Å². The molecule has 3 nitrogen and oxygen atoms in total. The topological polar surface area (TPSA) is 47.3 Å². The number of furan rings is 1. The van der Waals surface area contributed by atoms with Crippen LogP contribution in [0, 0.1) is 0 Å². The summed E-state index contributed by atoms with van der Waals surface area (Å²) in [5.41, 5.74) is 1.22. The maximum atomic E-state index is 12.2. The zero-order valence-electron chi connectivity index (χ0n) is 11.0. The van der Waals surface area contributed by atoms with Gasteiger partial charge in [-0.25, -0.2) is 0 Å². The summed E-state index contributed by atoms with van der Waals surface area (Å²) in [6.45, 7) is 4.24. The van der Waals surface area contributed by atoms with E-state index in [0.29, 0.717) is 18.0 Å². The Bertz CT molecular complexity index is 582. The first kappa shape index (κ1) is 13.7. The average Bonchev–Trinajstić information content (AvgIpc) is 2.86. The molecule has 1 unspecified atom stereocenters. The first-order valence-corrected chi connectivity index (χ1v) is 7.44. The number of hydrogen-bond acceptors (Lipinski definition) is 3. The van der Waals surface area contributed by atoms with Crippen LogP contribution >= 0.6 is 0 Å². The second-order valence-electron chi connectivity index (χ2n) is 4.64. The van der Waals surface area contributed by atoms with Crippen LogP contribution in [0.15, 0.2) is 45.7 Å². The first-order valence-electron chi connectivity index (χ1n) is 6.12. The SMILES string of the molecule is CC(C)c1ccc(S(=O)Cc2ccc(C=O)o2)cc1. The Labute approximate surface area is 115 Å². The molecule has 0 saturated heterocycles. The molecule has 1 atom stereocenters. The predicted octanol–water partition coefficient (Wildman–Crippen LogP) is 3.52. The van der Waals surface area contributed by atoms with E-state index in [1.807, 2.05) is 24.3 Å². The quantitative estimate of drug-likeness (QED) is 0.785. The normalized spacial score (nSPS) is 12.6. The van der Waals surface area contributed by atoms with E-state index in [-0.39, 0.29) is 11.5 Å². The Morgan fingerprint density at radius 2 is 1.84 bits per heavy atom. The Balaban J connectivity index is 2.09. The Kier molecular flexibility index (Phi) is 4.32. The van der Waals surface area contributed by atoms with Crippen LogP contribution < -0.4 is 0 Å². The molecule has 0 radical (unpaired) electrons. The van der Waals surface area contributed by atoms with Gasteiger partial charge in [-0.05, 0) is 35.7 Å². The van der Waals surface area contributed by atoms with Crippen molar-refractivity contribution in [1.29, 1.82) is 0 Å². The van der Waals surface area contributed by atoms with Crippen LogP contribution in [0.2, 0.25) is 0 Å². The second kappa shape index (κ2) is 5.97. The van der Waals surface area contributed by atoms with Crippen LogP contribution in [-0.4, -0.2) is 10.5 Å². The van der Waals surface area contributed by atoms with Crippen molar-refractivity contribution in [1.82, 2.24) is 0 Å². The lowest BCUT2D eigenvalue weighted by Gasteiger charge is -2.06. The highest BCUT2D eigenvalue weighted by molar-refractivity contribution is 7.84. The fourth-order valence-electron chi connectivity index (χ4n) is 1.75. The summed E-state index contributed by atoms with van der Waals surface area (Å²) >= 11 is 0. The molecule has 2 aromatic rings. The van der Waals surface area contributed by atoms with Crippen molar-refractivity contribution in [2.75, 3.05) is 0 Å². The number of carbonyl (C=O) groups excluding carboxylic acids is 1. The van der Waals surface area contributed by atoms with E-state index >= 15 is 0 Å². The van der Waals surface area contributed by atoms with E-state index in [1.165, 1.54) is 5.56 Å². The Morgan fingerprint density at radius 1 is 1.16 bits per heavy atom. The monoisotopic (exact) mass is 276 g/mol. The molecule has 0 saturated carbocycles. The Morgan fingerprint density at radius 3 is 2.37 bits per heavy atom. The van der Waals surface area contributed by atoms with Crippen molar-refractivity contribution in [2.24, 2.45) is 0 Å². The molecule has 0 bridgehead atoms. The van der Waals surface area contributed by atoms with E-state index < -0.39 is 10.8 Å². The molecule has 0 aliphatic rings. The molecule has 4 heteroatoms. The molecule has 2 rings (SSSR count). The van der Waals surface area contributed by atoms with Crippen LogP contribution in [0.1, 0.15) is 41.6 Å². The van der Waals surface area contributed by atoms with Crippen LogP contribution in [0.4, 0.5) is 0 Å². The number of benzene rings is 1. The lowest BCUT2D eigenvalue weighted by Crippen LogP contribution is -1.96. The first-order chi connectivity index (χ1) is 9.10. The fourth-order valence-corrected chi connectivity index (χ4v) is 2.77. The van der Waals surface area contributed by atoms with Crippen molar-refractivity contribution in [2.45, 2.75) is 30.4 Å². The molecule has 0 fully saturated rings. The summed E-state index contributed by atoms with van der Waals surface area (Å²) in [6, 6.07) is 11.0. The van der Waals surface area contributed by atoms with Crippen LogP contribution in [-0.2, 0) is 16.6 Å². The minimum absolute atomic E-state index is 0.266. The molecule has 0 aliphatic heterocycles. The van der Waals surface area contributed by atoms with Gasteiger partial charge in [0.1, 0.15) is 5.76 Å². The second-order valence-corrected chi connectivity index (χ2v) is 6.09. The van der Waals surface area contributed by atoms with Gasteiger partial charge in [0.05, 0.1) is 16.6 Å². The molecule has 0 spiro atoms. The Hall–Kier alpha value is -1.68. The van der Waals surface area contributed by atoms with E-state index in [1.54, 1.807) is 12.1 Å². The van der Waals surface area contributed by atoms with Gasteiger partial charge >= 0.3 is 0 Å². The highest BCUT2D eigenvalue weighted by Gasteiger charge is 2.09. The van der Waals surface area contributed by atoms with Gasteiger partial charge in [0.2, 0.25) is 0 Å². The van der Waals surface area contributed by atoms with Gasteiger partial charge in [-0.2, -0.15) is 0 Å². The van der Waals surface area contributed by atoms with Crippen molar-refractivity contribution in [3.05, 3.63) is 53.5 Å². The molecular weight excluding hydrogens is 260 g/mol. The number of rotatable bonds is 5. The van der Waals surface area contributed by atoms with Crippen LogP contribution in [0.5, 0.6) is 0 Å². The van der Waals surface area contributed by atoms with Gasteiger partial charge < -0.3 is 4.42 Å². The summed E-state index contributed by atoms with van der Waals surface area (Å²) in [6.07, 6.45) is 0.643. The van der Waals surface area contributed by atoms with Gasteiger partial charge in [0, 0.05) is 4.90 Å².